The number of esters is 2. The smallest absolute Gasteiger partial charge is 0.314 e. The highest BCUT2D eigenvalue weighted by Crippen LogP contribution is 2.24. The average Bonchev–Trinajstić information content (AvgIpc) is 2.50. The first-order valence-electron chi connectivity index (χ1n) is 8.14. The molecule has 2 unspecified atom stereocenters. The van der Waals surface area contributed by atoms with Gasteiger partial charge in [0.15, 0.2) is 0 Å². The summed E-state index contributed by atoms with van der Waals surface area (Å²) in [5.41, 5.74) is 6.20. The summed E-state index contributed by atoms with van der Waals surface area (Å²) in [6.45, 7) is 10.4. The predicted molar refractivity (Wildman–Crippen MR) is 88.4 cm³/mol. The highest BCUT2D eigenvalue weighted by molar-refractivity contribution is 5.85. The maximum Gasteiger partial charge on any atom is 0.314 e. The summed E-state index contributed by atoms with van der Waals surface area (Å²) in [7, 11) is 0. The number of hydrogen-bond acceptors (Lipinski definition) is 6. The van der Waals surface area contributed by atoms with E-state index >= 15 is 0 Å². The van der Waals surface area contributed by atoms with Crippen molar-refractivity contribution in [1.29, 1.82) is 0 Å². The average molecular weight is 324 g/mol. The molecule has 2 N–H and O–H groups in total. The number of carbonyl (C=O) groups is 2. The lowest BCUT2D eigenvalue weighted by Crippen LogP contribution is -2.35. The molecular weight excluding hydrogens is 296 g/mol. The molecule has 6 nitrogen and oxygen atoms in total. The molecule has 2 atom stereocenters. The third kappa shape index (κ3) is 6.06. The van der Waals surface area contributed by atoms with Crippen LogP contribution < -0.4 is 5.73 Å². The Kier molecular flexibility index (Phi) is 7.81. The van der Waals surface area contributed by atoms with Crippen LogP contribution in [0.25, 0.3) is 0 Å². The van der Waals surface area contributed by atoms with Crippen LogP contribution >= 0.6 is 0 Å². The Morgan fingerprint density at radius 2 is 1.87 bits per heavy atom. The molecule has 6 heteroatoms. The Balaban J connectivity index is 2.66. The number of hydrogen-bond donors (Lipinski definition) is 1. The lowest BCUT2D eigenvalue weighted by molar-refractivity contribution is -0.159. The molecule has 0 aromatic carbocycles. The summed E-state index contributed by atoms with van der Waals surface area (Å²) in [6, 6.07) is 0. The largest absolute Gasteiger partial charge is 0.464 e. The highest BCUT2D eigenvalue weighted by Gasteiger charge is 2.35. The van der Waals surface area contributed by atoms with E-state index in [1.807, 2.05) is 0 Å². The van der Waals surface area contributed by atoms with Gasteiger partial charge in [-0.3, -0.25) is 9.59 Å². The van der Waals surface area contributed by atoms with Gasteiger partial charge in [-0.15, -0.1) is 0 Å². The molecule has 0 saturated carbocycles. The van der Waals surface area contributed by atoms with Crippen LogP contribution in [0.3, 0.4) is 0 Å². The fourth-order valence-electron chi connectivity index (χ4n) is 2.36. The summed E-state index contributed by atoms with van der Waals surface area (Å²) in [5.74, 6) is -2.31. The number of likely N-dealkylation sites (N-methyl/N-ethyl adjacent to an activating group) is 1. The van der Waals surface area contributed by atoms with Crippen LogP contribution in [0, 0.1) is 11.8 Å². The van der Waals surface area contributed by atoms with E-state index in [1.54, 1.807) is 32.1 Å². The molecule has 23 heavy (non-hydrogen) atoms. The highest BCUT2D eigenvalue weighted by atomic mass is 16.5. The lowest BCUT2D eigenvalue weighted by atomic mass is 9.87. The van der Waals surface area contributed by atoms with Crippen LogP contribution in [0.1, 0.15) is 27.7 Å². The second kappa shape index (κ2) is 9.35. The third-order valence-corrected chi connectivity index (χ3v) is 3.70. The van der Waals surface area contributed by atoms with Crippen molar-refractivity contribution in [2.75, 3.05) is 26.2 Å². The first-order valence-corrected chi connectivity index (χ1v) is 8.14. The van der Waals surface area contributed by atoms with Crippen LogP contribution in [-0.4, -0.2) is 49.2 Å². The summed E-state index contributed by atoms with van der Waals surface area (Å²) in [5, 5.41) is 0. The van der Waals surface area contributed by atoms with Gasteiger partial charge in [0.25, 0.3) is 0 Å². The number of allylic oxidation sites excluding steroid dienone is 1. The standard InChI is InChI=1S/C17H28N2O4/c1-5-19(6-2)9-10-22-16(20)15-11-13(18)7-8-14(15)17(21)23-12(3)4/h7-8,11-12,14-15H,5-6,9-10,18H2,1-4H3. The first-order chi connectivity index (χ1) is 10.9. The molecule has 0 heterocycles. The number of nitrogens with zero attached hydrogens (tertiary/aromatic N) is 1. The van der Waals surface area contributed by atoms with Crippen molar-refractivity contribution < 1.29 is 19.1 Å². The van der Waals surface area contributed by atoms with Gasteiger partial charge in [-0.05, 0) is 39.1 Å². The van der Waals surface area contributed by atoms with Crippen LogP contribution in [0.15, 0.2) is 23.9 Å². The van der Waals surface area contributed by atoms with Crippen LogP contribution in [-0.2, 0) is 19.1 Å². The van der Waals surface area contributed by atoms with Gasteiger partial charge in [0.2, 0.25) is 0 Å². The summed E-state index contributed by atoms with van der Waals surface area (Å²) < 4.78 is 10.5. The fourth-order valence-corrected chi connectivity index (χ4v) is 2.36. The van der Waals surface area contributed by atoms with Crippen LogP contribution in [0.2, 0.25) is 0 Å². The molecule has 0 radical (unpaired) electrons. The zero-order valence-corrected chi connectivity index (χ0v) is 14.5. The number of rotatable bonds is 8. The van der Waals surface area contributed by atoms with Crippen molar-refractivity contribution in [3.05, 3.63) is 23.9 Å². The van der Waals surface area contributed by atoms with Gasteiger partial charge in [-0.25, -0.2) is 0 Å². The van der Waals surface area contributed by atoms with Crippen molar-refractivity contribution >= 4 is 11.9 Å². The molecule has 130 valence electrons. The van der Waals surface area contributed by atoms with Gasteiger partial charge >= 0.3 is 11.9 Å². The molecule has 0 spiro atoms. The first kappa shape index (κ1) is 19.2. The van der Waals surface area contributed by atoms with Gasteiger partial charge in [0.1, 0.15) is 6.61 Å². The Morgan fingerprint density at radius 3 is 2.43 bits per heavy atom. The van der Waals surface area contributed by atoms with Crippen molar-refractivity contribution in [2.45, 2.75) is 33.8 Å². The topological polar surface area (TPSA) is 81.9 Å². The van der Waals surface area contributed by atoms with E-state index in [4.69, 9.17) is 15.2 Å². The molecule has 0 bridgehead atoms. The summed E-state index contributed by atoms with van der Waals surface area (Å²) in [4.78, 5) is 26.6. The van der Waals surface area contributed by atoms with Crippen molar-refractivity contribution in [1.82, 2.24) is 4.90 Å². The predicted octanol–water partition coefficient (Wildman–Crippen LogP) is 1.47. The van der Waals surface area contributed by atoms with Gasteiger partial charge in [0.05, 0.1) is 17.9 Å². The number of nitrogens with two attached hydrogens (primary N) is 1. The Bertz CT molecular complexity index is 467. The maximum absolute atomic E-state index is 12.3. The van der Waals surface area contributed by atoms with Gasteiger partial charge in [-0.2, -0.15) is 0 Å². The summed E-state index contributed by atoms with van der Waals surface area (Å²) in [6.07, 6.45) is 4.55. The molecule has 0 amide bonds. The second-order valence-corrected chi connectivity index (χ2v) is 5.76. The molecule has 0 aromatic rings. The van der Waals surface area contributed by atoms with E-state index in [0.29, 0.717) is 18.8 Å². The van der Waals surface area contributed by atoms with Gasteiger partial charge in [0, 0.05) is 12.2 Å². The minimum Gasteiger partial charge on any atom is -0.464 e. The van der Waals surface area contributed by atoms with Crippen LogP contribution in [0.5, 0.6) is 0 Å². The molecule has 1 aliphatic carbocycles. The maximum atomic E-state index is 12.3. The molecular formula is C17H28N2O4. The minimum absolute atomic E-state index is 0.238. The van der Waals surface area contributed by atoms with E-state index in [9.17, 15) is 9.59 Å². The Hall–Kier alpha value is -1.82. The van der Waals surface area contributed by atoms with Gasteiger partial charge < -0.3 is 20.1 Å². The van der Waals surface area contributed by atoms with Crippen LogP contribution in [0.4, 0.5) is 0 Å². The monoisotopic (exact) mass is 324 g/mol. The zero-order chi connectivity index (χ0) is 17.4. The number of carbonyl (C=O) groups excluding carboxylic acids is 2. The van der Waals surface area contributed by atoms with E-state index in [0.717, 1.165) is 13.1 Å². The third-order valence-electron chi connectivity index (χ3n) is 3.70. The molecule has 0 aromatic heterocycles. The molecule has 1 aliphatic rings. The fraction of sp³-hybridized carbons (Fsp3) is 0.647. The quantitative estimate of drug-likeness (QED) is 0.681. The van der Waals surface area contributed by atoms with E-state index < -0.39 is 23.8 Å². The molecule has 0 fully saturated rings. The van der Waals surface area contributed by atoms with Crippen molar-refractivity contribution in [3.63, 3.8) is 0 Å². The zero-order valence-electron chi connectivity index (χ0n) is 14.5. The minimum atomic E-state index is -0.733. The molecule has 0 aliphatic heterocycles. The lowest BCUT2D eigenvalue weighted by Gasteiger charge is -2.24. The van der Waals surface area contributed by atoms with Crippen molar-refractivity contribution in [2.24, 2.45) is 17.6 Å². The molecule has 1 rings (SSSR count). The summed E-state index contributed by atoms with van der Waals surface area (Å²) >= 11 is 0. The number of ether oxygens (including phenoxy) is 2. The molecule has 0 saturated heterocycles. The normalized spacial score (nSPS) is 20.5. The SMILES string of the molecule is CCN(CC)CCOC(=O)C1C=C(N)C=CC1C(=O)OC(C)C. The Labute approximate surface area is 138 Å². The second-order valence-electron chi connectivity index (χ2n) is 5.76. The van der Waals surface area contributed by atoms with E-state index in [-0.39, 0.29) is 6.10 Å². The van der Waals surface area contributed by atoms with Gasteiger partial charge in [-0.1, -0.05) is 19.9 Å². The van der Waals surface area contributed by atoms with E-state index in [2.05, 4.69) is 18.7 Å². The Morgan fingerprint density at radius 1 is 1.22 bits per heavy atom. The van der Waals surface area contributed by atoms with E-state index in [1.165, 1.54) is 0 Å². The van der Waals surface area contributed by atoms with Crippen molar-refractivity contribution in [3.8, 4) is 0 Å².